The maximum atomic E-state index is 11.9. The van der Waals surface area contributed by atoms with Gasteiger partial charge in [-0.1, -0.05) is 0 Å². The van der Waals surface area contributed by atoms with Gasteiger partial charge in [-0.2, -0.15) is 13.2 Å². The number of esters is 1. The summed E-state index contributed by atoms with van der Waals surface area (Å²) in [5, 5.41) is 5.68. The molecule has 0 saturated carbocycles. The fourth-order valence-electron chi connectivity index (χ4n) is 2.11. The predicted octanol–water partition coefficient (Wildman–Crippen LogP) is 1.12. The number of hydrogen-bond acceptors (Lipinski definition) is 5. The number of hydrogen-bond donors (Lipinski definition) is 3. The van der Waals surface area contributed by atoms with Crippen LogP contribution in [0.5, 0.6) is 0 Å². The summed E-state index contributed by atoms with van der Waals surface area (Å²) in [5.41, 5.74) is 1.45. The van der Waals surface area contributed by atoms with E-state index in [1.54, 1.807) is 5.32 Å². The zero-order valence-corrected chi connectivity index (χ0v) is 13.2. The SMILES string of the molecule is O=C(COC(=O)c1ccc2c(c1)CCC(=O)N2)NC(=O)NCC(F)(F)F. The van der Waals surface area contributed by atoms with Gasteiger partial charge in [-0.25, -0.2) is 9.59 Å². The van der Waals surface area contributed by atoms with Gasteiger partial charge in [0.2, 0.25) is 5.91 Å². The monoisotopic (exact) mass is 373 g/mol. The maximum absolute atomic E-state index is 11.9. The highest BCUT2D eigenvalue weighted by molar-refractivity contribution is 5.98. The van der Waals surface area contributed by atoms with Crippen molar-refractivity contribution in [3.63, 3.8) is 0 Å². The van der Waals surface area contributed by atoms with Gasteiger partial charge >= 0.3 is 18.2 Å². The summed E-state index contributed by atoms with van der Waals surface area (Å²) in [4.78, 5) is 45.7. The molecule has 4 amide bonds. The van der Waals surface area contributed by atoms with Crippen molar-refractivity contribution in [3.05, 3.63) is 29.3 Å². The van der Waals surface area contributed by atoms with E-state index in [4.69, 9.17) is 4.74 Å². The van der Waals surface area contributed by atoms with E-state index in [0.29, 0.717) is 12.1 Å². The summed E-state index contributed by atoms with van der Waals surface area (Å²) in [7, 11) is 0. The molecule has 0 aromatic heterocycles. The normalized spacial score (nSPS) is 13.3. The Balaban J connectivity index is 1.82. The molecule has 3 N–H and O–H groups in total. The van der Waals surface area contributed by atoms with E-state index in [1.807, 2.05) is 0 Å². The number of ether oxygens (including phenoxy) is 1. The minimum Gasteiger partial charge on any atom is -0.452 e. The van der Waals surface area contributed by atoms with Crippen LogP contribution in [0.1, 0.15) is 22.3 Å². The number of nitrogens with one attached hydrogen (secondary N) is 3. The molecule has 1 aromatic carbocycles. The third-order valence-corrected chi connectivity index (χ3v) is 3.27. The molecule has 0 aliphatic carbocycles. The van der Waals surface area contributed by atoms with E-state index in [0.717, 1.165) is 5.56 Å². The van der Waals surface area contributed by atoms with Gasteiger partial charge < -0.3 is 15.4 Å². The molecule has 1 aliphatic rings. The number of rotatable bonds is 4. The molecule has 0 radical (unpaired) electrons. The van der Waals surface area contributed by atoms with Gasteiger partial charge in [-0.05, 0) is 30.2 Å². The number of fused-ring (bicyclic) bond motifs is 1. The Morgan fingerprint density at radius 1 is 1.19 bits per heavy atom. The summed E-state index contributed by atoms with van der Waals surface area (Å²) in [6, 6.07) is 3.06. The Labute approximate surface area is 145 Å². The van der Waals surface area contributed by atoms with E-state index < -0.39 is 37.2 Å². The zero-order chi connectivity index (χ0) is 19.3. The van der Waals surface area contributed by atoms with Gasteiger partial charge in [0, 0.05) is 12.1 Å². The number of carbonyl (C=O) groups is 4. The van der Waals surface area contributed by atoms with Crippen molar-refractivity contribution in [2.24, 2.45) is 0 Å². The van der Waals surface area contributed by atoms with Gasteiger partial charge in [-0.15, -0.1) is 0 Å². The molecule has 11 heteroatoms. The number of imide groups is 1. The van der Waals surface area contributed by atoms with E-state index in [1.165, 1.54) is 23.5 Å². The predicted molar refractivity (Wildman–Crippen MR) is 81.3 cm³/mol. The van der Waals surface area contributed by atoms with E-state index >= 15 is 0 Å². The zero-order valence-electron chi connectivity index (χ0n) is 13.2. The van der Waals surface area contributed by atoms with Crippen LogP contribution in [0.4, 0.5) is 23.7 Å². The van der Waals surface area contributed by atoms with Crippen LogP contribution in [0, 0.1) is 0 Å². The molecule has 140 valence electrons. The van der Waals surface area contributed by atoms with Crippen LogP contribution in [-0.2, 0) is 20.7 Å². The van der Waals surface area contributed by atoms with Crippen LogP contribution < -0.4 is 16.0 Å². The molecule has 8 nitrogen and oxygen atoms in total. The maximum Gasteiger partial charge on any atom is 0.405 e. The number of urea groups is 1. The van der Waals surface area contributed by atoms with Gasteiger partial charge in [0.15, 0.2) is 6.61 Å². The van der Waals surface area contributed by atoms with Crippen LogP contribution in [0.3, 0.4) is 0 Å². The fourth-order valence-corrected chi connectivity index (χ4v) is 2.11. The average Bonchev–Trinajstić information content (AvgIpc) is 2.56. The van der Waals surface area contributed by atoms with Crippen LogP contribution in [-0.4, -0.2) is 43.1 Å². The number of halogens is 3. The van der Waals surface area contributed by atoms with Gasteiger partial charge in [0.05, 0.1) is 5.56 Å². The average molecular weight is 373 g/mol. The molecule has 2 rings (SSSR count). The minimum atomic E-state index is -4.61. The smallest absolute Gasteiger partial charge is 0.405 e. The molecule has 0 bridgehead atoms. The number of aryl methyl sites for hydroxylation is 1. The fraction of sp³-hybridized carbons (Fsp3) is 0.333. The first-order valence-corrected chi connectivity index (χ1v) is 7.38. The van der Waals surface area contributed by atoms with E-state index in [-0.39, 0.29) is 17.9 Å². The third kappa shape index (κ3) is 5.76. The lowest BCUT2D eigenvalue weighted by atomic mass is 10.0. The molecular formula is C15H14F3N3O5. The van der Waals surface area contributed by atoms with Gasteiger partial charge in [0.25, 0.3) is 5.91 Å². The highest BCUT2D eigenvalue weighted by atomic mass is 19.4. The second-order valence-electron chi connectivity index (χ2n) is 5.34. The summed E-state index contributed by atoms with van der Waals surface area (Å²) >= 11 is 0. The van der Waals surface area contributed by atoms with Crippen molar-refractivity contribution in [1.29, 1.82) is 0 Å². The highest BCUT2D eigenvalue weighted by Crippen LogP contribution is 2.23. The summed E-state index contributed by atoms with van der Waals surface area (Å²) < 4.78 is 40.5. The number of benzene rings is 1. The Hall–Kier alpha value is -3.11. The Morgan fingerprint density at radius 3 is 2.62 bits per heavy atom. The number of carbonyl (C=O) groups excluding carboxylic acids is 4. The summed E-state index contributed by atoms with van der Waals surface area (Å²) in [6.45, 7) is -2.44. The molecule has 1 aliphatic heterocycles. The van der Waals surface area contributed by atoms with Crippen molar-refractivity contribution in [2.45, 2.75) is 19.0 Å². The lowest BCUT2D eigenvalue weighted by Gasteiger charge is -2.17. The molecule has 0 fully saturated rings. The topological polar surface area (TPSA) is 114 Å². The highest BCUT2D eigenvalue weighted by Gasteiger charge is 2.28. The van der Waals surface area contributed by atoms with Crippen LogP contribution in [0.15, 0.2) is 18.2 Å². The molecule has 0 atom stereocenters. The van der Waals surface area contributed by atoms with Crippen LogP contribution in [0.25, 0.3) is 0 Å². The number of anilines is 1. The van der Waals surface area contributed by atoms with E-state index in [2.05, 4.69) is 5.32 Å². The van der Waals surface area contributed by atoms with Crippen molar-refractivity contribution in [3.8, 4) is 0 Å². The first-order chi connectivity index (χ1) is 12.1. The first kappa shape index (κ1) is 19.2. The van der Waals surface area contributed by atoms with Gasteiger partial charge in [-0.3, -0.25) is 14.9 Å². The number of alkyl halides is 3. The van der Waals surface area contributed by atoms with Crippen molar-refractivity contribution < 1.29 is 37.1 Å². The largest absolute Gasteiger partial charge is 0.452 e. The van der Waals surface area contributed by atoms with Crippen molar-refractivity contribution in [1.82, 2.24) is 10.6 Å². The Morgan fingerprint density at radius 2 is 1.92 bits per heavy atom. The third-order valence-electron chi connectivity index (χ3n) is 3.27. The summed E-state index contributed by atoms with van der Waals surface area (Å²) in [5.74, 6) is -2.06. The van der Waals surface area contributed by atoms with E-state index in [9.17, 15) is 32.3 Å². The summed E-state index contributed by atoms with van der Waals surface area (Å²) in [6.07, 6.45) is -3.89. The Kier molecular flexibility index (Phi) is 5.80. The van der Waals surface area contributed by atoms with Crippen LogP contribution >= 0.6 is 0 Å². The number of amides is 4. The molecule has 0 spiro atoms. The molecule has 1 heterocycles. The minimum absolute atomic E-state index is 0.131. The molecule has 0 saturated heterocycles. The molecular weight excluding hydrogens is 359 g/mol. The standard InChI is InChI=1S/C15H14F3N3O5/c16-15(17,18)7-19-14(25)21-12(23)6-26-13(24)9-1-3-10-8(5-9)2-4-11(22)20-10/h1,3,5H,2,4,6-7H2,(H,20,22)(H2,19,21,23,25). The van der Waals surface area contributed by atoms with Crippen LogP contribution in [0.2, 0.25) is 0 Å². The second kappa shape index (κ2) is 7.85. The second-order valence-corrected chi connectivity index (χ2v) is 5.34. The molecule has 0 unspecified atom stereocenters. The van der Waals surface area contributed by atoms with Gasteiger partial charge in [0.1, 0.15) is 6.54 Å². The Bertz CT molecular complexity index is 749. The molecule has 1 aromatic rings. The first-order valence-electron chi connectivity index (χ1n) is 7.38. The lowest BCUT2D eigenvalue weighted by molar-refractivity contribution is -0.125. The van der Waals surface area contributed by atoms with Crippen molar-refractivity contribution >= 4 is 29.5 Å². The van der Waals surface area contributed by atoms with Crippen molar-refractivity contribution in [2.75, 3.05) is 18.5 Å². The quantitative estimate of drug-likeness (QED) is 0.685. The lowest BCUT2D eigenvalue weighted by Crippen LogP contribution is -2.44. The molecule has 26 heavy (non-hydrogen) atoms.